The first-order valence-electron chi connectivity index (χ1n) is 6.05. The topological polar surface area (TPSA) is 79.3 Å². The molecule has 1 heterocycles. The van der Waals surface area contributed by atoms with E-state index >= 15 is 0 Å². The molecule has 0 aliphatic rings. The lowest BCUT2D eigenvalue weighted by Crippen LogP contribution is -2.12. The fourth-order valence-corrected chi connectivity index (χ4v) is 2.50. The van der Waals surface area contributed by atoms with E-state index in [-0.39, 0.29) is 33.0 Å². The zero-order valence-electron chi connectivity index (χ0n) is 11.0. The average Bonchev–Trinajstić information content (AvgIpc) is 2.48. The van der Waals surface area contributed by atoms with Crippen LogP contribution in [0.3, 0.4) is 0 Å². The third kappa shape index (κ3) is 4.19. The molecule has 0 saturated carbocycles. The monoisotopic (exact) mass is 340 g/mol. The fourth-order valence-electron chi connectivity index (χ4n) is 1.58. The molecule has 22 heavy (non-hydrogen) atoms. The molecule has 114 valence electrons. The molecule has 0 radical (unpaired) electrons. The van der Waals surface area contributed by atoms with Crippen molar-refractivity contribution in [1.82, 2.24) is 4.98 Å². The van der Waals surface area contributed by atoms with Crippen molar-refractivity contribution in [3.05, 3.63) is 52.9 Å². The molecule has 0 spiro atoms. The lowest BCUT2D eigenvalue weighted by atomic mass is 10.3. The maximum absolute atomic E-state index is 13.1. The number of anilines is 1. The summed E-state index contributed by atoms with van der Waals surface area (Å²) in [7, 11) is 0. The third-order valence-electron chi connectivity index (χ3n) is 2.56. The smallest absolute Gasteiger partial charge is 0.338 e. The van der Waals surface area contributed by atoms with E-state index in [1.54, 1.807) is 0 Å². The number of rotatable bonds is 5. The number of carbonyl (C=O) groups is 2. The molecule has 8 heteroatoms. The number of carbonyl (C=O) groups excluding carboxylic acids is 1. The number of carboxylic acids is 1. The Morgan fingerprint density at radius 2 is 2.14 bits per heavy atom. The quantitative estimate of drug-likeness (QED) is 0.813. The molecule has 2 aromatic rings. The molecule has 0 atom stereocenters. The third-order valence-corrected chi connectivity index (χ3v) is 3.78. The van der Waals surface area contributed by atoms with Gasteiger partial charge in [-0.05, 0) is 42.1 Å². The van der Waals surface area contributed by atoms with Crippen molar-refractivity contribution >= 4 is 40.1 Å². The van der Waals surface area contributed by atoms with Crippen LogP contribution in [0.2, 0.25) is 5.02 Å². The second-order valence-electron chi connectivity index (χ2n) is 4.11. The summed E-state index contributed by atoms with van der Waals surface area (Å²) < 4.78 is 13.1. The van der Waals surface area contributed by atoms with Crippen LogP contribution in [0.25, 0.3) is 0 Å². The van der Waals surface area contributed by atoms with Gasteiger partial charge in [-0.2, -0.15) is 0 Å². The molecule has 0 bridgehead atoms. The van der Waals surface area contributed by atoms with E-state index in [0.717, 1.165) is 0 Å². The number of nitrogens with zero attached hydrogens (tertiary/aromatic N) is 1. The van der Waals surface area contributed by atoms with Crippen molar-refractivity contribution in [2.45, 2.75) is 5.03 Å². The van der Waals surface area contributed by atoms with Gasteiger partial charge in [0.25, 0.3) is 0 Å². The Morgan fingerprint density at radius 1 is 1.36 bits per heavy atom. The second-order valence-corrected chi connectivity index (χ2v) is 5.57. The number of aromatic nitrogens is 1. The number of thioether (sulfide) groups is 1. The molecular weight excluding hydrogens is 331 g/mol. The number of carboxylic acid groups (broad SMARTS) is 1. The van der Waals surface area contributed by atoms with Crippen molar-refractivity contribution in [3.8, 4) is 0 Å². The van der Waals surface area contributed by atoms with Crippen LogP contribution < -0.4 is 5.32 Å². The molecule has 0 aliphatic heterocycles. The minimum atomic E-state index is -1.16. The largest absolute Gasteiger partial charge is 0.478 e. The number of hydrogen-bond donors (Lipinski definition) is 2. The highest BCUT2D eigenvalue weighted by molar-refractivity contribution is 8.13. The molecule has 1 aromatic carbocycles. The van der Waals surface area contributed by atoms with E-state index in [1.807, 2.05) is 0 Å². The fraction of sp³-hybridized carbons (Fsp3) is 0.0714. The van der Waals surface area contributed by atoms with Crippen LogP contribution >= 0.6 is 23.4 Å². The van der Waals surface area contributed by atoms with E-state index in [1.165, 1.54) is 36.5 Å². The summed E-state index contributed by atoms with van der Waals surface area (Å²) >= 11 is 6.57. The highest BCUT2D eigenvalue weighted by Crippen LogP contribution is 2.24. The van der Waals surface area contributed by atoms with Crippen LogP contribution in [0, 0.1) is 5.82 Å². The number of nitrogens with one attached hydrogen (secondary N) is 1. The lowest BCUT2D eigenvalue weighted by Gasteiger charge is -2.08. The summed E-state index contributed by atoms with van der Waals surface area (Å²) in [6, 6.07) is 6.59. The van der Waals surface area contributed by atoms with Gasteiger partial charge in [-0.25, -0.2) is 14.2 Å². The number of pyridine rings is 1. The Hall–Kier alpha value is -2.12. The van der Waals surface area contributed by atoms with E-state index < -0.39 is 11.8 Å². The highest BCUT2D eigenvalue weighted by Gasteiger charge is 2.15. The first-order valence-corrected chi connectivity index (χ1v) is 7.24. The average molecular weight is 341 g/mol. The molecule has 0 saturated heterocycles. The molecule has 0 fully saturated rings. The van der Waals surface area contributed by atoms with Crippen LogP contribution in [0.15, 0.2) is 41.6 Å². The zero-order valence-corrected chi connectivity index (χ0v) is 12.6. The number of hydrogen-bond acceptors (Lipinski definition) is 5. The van der Waals surface area contributed by atoms with Crippen molar-refractivity contribution < 1.29 is 19.1 Å². The van der Waals surface area contributed by atoms with Crippen molar-refractivity contribution in [2.24, 2.45) is 0 Å². The van der Waals surface area contributed by atoms with Crippen LogP contribution in [0.1, 0.15) is 10.4 Å². The van der Waals surface area contributed by atoms with E-state index in [9.17, 15) is 14.0 Å². The summed E-state index contributed by atoms with van der Waals surface area (Å²) in [5.74, 6) is -1.64. The van der Waals surface area contributed by atoms with Crippen LogP contribution in [0.5, 0.6) is 0 Å². The molecule has 0 unspecified atom stereocenters. The minimum Gasteiger partial charge on any atom is -0.478 e. The predicted molar refractivity (Wildman–Crippen MR) is 82.0 cm³/mol. The van der Waals surface area contributed by atoms with Gasteiger partial charge in [0.1, 0.15) is 10.8 Å². The van der Waals surface area contributed by atoms with Gasteiger partial charge in [-0.15, -0.1) is 0 Å². The molecule has 0 amide bonds. The molecular formula is C14H10ClFN2O3S. The SMILES string of the molecule is O=C(CNc1cc(F)ccc1Cl)Sc1ncccc1C(=O)O. The maximum atomic E-state index is 13.1. The zero-order chi connectivity index (χ0) is 16.1. The van der Waals surface area contributed by atoms with Gasteiger partial charge in [-0.3, -0.25) is 4.79 Å². The highest BCUT2D eigenvalue weighted by atomic mass is 35.5. The molecule has 5 nitrogen and oxygen atoms in total. The minimum absolute atomic E-state index is 0.0513. The van der Waals surface area contributed by atoms with E-state index in [2.05, 4.69) is 10.3 Å². The summed E-state index contributed by atoms with van der Waals surface area (Å²) in [4.78, 5) is 26.8. The van der Waals surface area contributed by atoms with Gasteiger partial charge in [0.05, 0.1) is 22.8 Å². The Balaban J connectivity index is 2.02. The van der Waals surface area contributed by atoms with Crippen LogP contribution in [-0.4, -0.2) is 27.7 Å². The normalized spacial score (nSPS) is 10.3. The summed E-state index contributed by atoms with van der Waals surface area (Å²) in [6.45, 7) is -0.149. The number of halogens is 2. The number of benzene rings is 1. The molecule has 2 N–H and O–H groups in total. The Kier molecular flexibility index (Phi) is 5.35. The summed E-state index contributed by atoms with van der Waals surface area (Å²) in [6.07, 6.45) is 1.40. The van der Waals surface area contributed by atoms with Gasteiger partial charge in [0.15, 0.2) is 0 Å². The first kappa shape index (κ1) is 16.3. The van der Waals surface area contributed by atoms with Crippen LogP contribution in [-0.2, 0) is 4.79 Å². The standard InChI is InChI=1S/C14H10ClFN2O3S/c15-10-4-3-8(16)6-11(10)18-7-12(19)22-13-9(14(20)21)2-1-5-17-13/h1-6,18H,7H2,(H,20,21). The lowest BCUT2D eigenvalue weighted by molar-refractivity contribution is -0.109. The summed E-state index contributed by atoms with van der Waals surface area (Å²) in [5.41, 5.74) is 0.236. The van der Waals surface area contributed by atoms with E-state index in [4.69, 9.17) is 16.7 Å². The van der Waals surface area contributed by atoms with Gasteiger partial charge in [0.2, 0.25) is 5.12 Å². The predicted octanol–water partition coefficient (Wildman–Crippen LogP) is 3.30. The molecule has 1 aromatic heterocycles. The van der Waals surface area contributed by atoms with Crippen molar-refractivity contribution in [3.63, 3.8) is 0 Å². The number of aromatic carboxylic acids is 1. The first-order chi connectivity index (χ1) is 10.5. The van der Waals surface area contributed by atoms with Crippen molar-refractivity contribution in [1.29, 1.82) is 0 Å². The Labute approximate surface area is 134 Å². The van der Waals surface area contributed by atoms with Gasteiger partial charge >= 0.3 is 5.97 Å². The van der Waals surface area contributed by atoms with Gasteiger partial charge < -0.3 is 10.4 Å². The Morgan fingerprint density at radius 3 is 2.86 bits per heavy atom. The van der Waals surface area contributed by atoms with Crippen LogP contribution in [0.4, 0.5) is 10.1 Å². The van der Waals surface area contributed by atoms with Crippen molar-refractivity contribution in [2.75, 3.05) is 11.9 Å². The van der Waals surface area contributed by atoms with Gasteiger partial charge in [0, 0.05) is 6.20 Å². The van der Waals surface area contributed by atoms with E-state index in [0.29, 0.717) is 11.8 Å². The molecule has 0 aliphatic carbocycles. The maximum Gasteiger partial charge on any atom is 0.338 e. The molecule has 2 rings (SSSR count). The van der Waals surface area contributed by atoms with Gasteiger partial charge in [-0.1, -0.05) is 11.6 Å². The Bertz CT molecular complexity index is 727. The summed E-state index contributed by atoms with van der Waals surface area (Å²) in [5, 5.41) is 11.7. The second kappa shape index (κ2) is 7.24.